The molecule has 1 heterocycles. The number of nitrogens with zero attached hydrogens (tertiary/aromatic N) is 1. The van der Waals surface area contributed by atoms with Crippen molar-refractivity contribution in [3.05, 3.63) is 69.0 Å². The molecule has 2 aliphatic rings. The highest BCUT2D eigenvalue weighted by Crippen LogP contribution is 2.42. The fraction of sp³-hybridized carbons (Fsp3) is 0.158. The summed E-state index contributed by atoms with van der Waals surface area (Å²) in [6.07, 6.45) is 4.07. The number of fused-ring (bicyclic) bond motifs is 3. The number of carbonyl (C=O) groups is 1. The van der Waals surface area contributed by atoms with Gasteiger partial charge in [-0.1, -0.05) is 23.8 Å². The number of hydrogen-bond acceptors (Lipinski definition) is 3. The van der Waals surface area contributed by atoms with E-state index in [9.17, 15) is 14.4 Å². The maximum absolute atomic E-state index is 13.7. The van der Waals surface area contributed by atoms with Crippen molar-refractivity contribution in [2.45, 2.75) is 12.5 Å². The highest BCUT2D eigenvalue weighted by atomic mass is 35.5. The van der Waals surface area contributed by atoms with Crippen LogP contribution in [0.15, 0.2) is 30.3 Å². The number of nitrogen functional groups attached to an aromatic ring is 1. The molecule has 6 heteroatoms. The first kappa shape index (κ1) is 15.7. The van der Waals surface area contributed by atoms with Crippen molar-refractivity contribution in [1.82, 2.24) is 5.32 Å². The lowest BCUT2D eigenvalue weighted by atomic mass is 9.83. The molecule has 25 heavy (non-hydrogen) atoms. The second-order valence-corrected chi connectivity index (χ2v) is 6.60. The van der Waals surface area contributed by atoms with Crippen molar-refractivity contribution < 1.29 is 9.18 Å². The zero-order valence-electron chi connectivity index (χ0n) is 13.0. The van der Waals surface area contributed by atoms with Gasteiger partial charge in [0.1, 0.15) is 5.82 Å². The SMILES string of the molecule is N#CC1C=Cc2cc(N)c3c(c2C1)C(=O)NC3c1cc(F)ccc1Cl. The lowest BCUT2D eigenvalue weighted by Gasteiger charge is -2.20. The normalized spacial score (nSPS) is 20.6. The molecule has 2 unspecified atom stereocenters. The molecule has 0 radical (unpaired) electrons. The van der Waals surface area contributed by atoms with Crippen LogP contribution in [0.5, 0.6) is 0 Å². The van der Waals surface area contributed by atoms with Gasteiger partial charge in [0.25, 0.3) is 5.91 Å². The Hall–Kier alpha value is -2.84. The third-order valence-corrected chi connectivity index (χ3v) is 5.04. The van der Waals surface area contributed by atoms with Gasteiger partial charge in [-0.25, -0.2) is 4.39 Å². The lowest BCUT2D eigenvalue weighted by Crippen LogP contribution is -2.21. The molecule has 1 amide bonds. The Morgan fingerprint density at radius 3 is 2.92 bits per heavy atom. The number of allylic oxidation sites excluding steroid dienone is 1. The van der Waals surface area contributed by atoms with Crippen molar-refractivity contribution in [3.8, 4) is 6.07 Å². The Bertz CT molecular complexity index is 993. The lowest BCUT2D eigenvalue weighted by molar-refractivity contribution is 0.0959. The Balaban J connectivity index is 1.93. The summed E-state index contributed by atoms with van der Waals surface area (Å²) >= 11 is 6.22. The monoisotopic (exact) mass is 353 g/mol. The summed E-state index contributed by atoms with van der Waals surface area (Å²) in [7, 11) is 0. The van der Waals surface area contributed by atoms with E-state index in [2.05, 4.69) is 11.4 Å². The second kappa shape index (κ2) is 5.61. The topological polar surface area (TPSA) is 78.9 Å². The third-order valence-electron chi connectivity index (χ3n) is 4.70. The molecule has 0 saturated heterocycles. The third kappa shape index (κ3) is 2.38. The number of halogens is 2. The summed E-state index contributed by atoms with van der Waals surface area (Å²) in [6, 6.07) is 7.41. The number of rotatable bonds is 1. The maximum atomic E-state index is 13.7. The van der Waals surface area contributed by atoms with E-state index in [0.717, 1.165) is 11.1 Å². The van der Waals surface area contributed by atoms with E-state index in [1.807, 2.05) is 12.2 Å². The first-order chi connectivity index (χ1) is 12.0. The number of nitriles is 1. The molecule has 2 atom stereocenters. The summed E-state index contributed by atoms with van der Waals surface area (Å²) in [5.41, 5.74) is 9.83. The van der Waals surface area contributed by atoms with Gasteiger partial charge < -0.3 is 11.1 Å². The average Bonchev–Trinajstić information content (AvgIpc) is 2.95. The van der Waals surface area contributed by atoms with Gasteiger partial charge in [-0.2, -0.15) is 5.26 Å². The van der Waals surface area contributed by atoms with Crippen molar-refractivity contribution in [1.29, 1.82) is 5.26 Å². The van der Waals surface area contributed by atoms with Crippen LogP contribution in [-0.4, -0.2) is 5.91 Å². The van der Waals surface area contributed by atoms with Crippen molar-refractivity contribution in [2.24, 2.45) is 5.92 Å². The molecule has 0 spiro atoms. The van der Waals surface area contributed by atoms with Gasteiger partial charge in [0.2, 0.25) is 0 Å². The second-order valence-electron chi connectivity index (χ2n) is 6.19. The van der Waals surface area contributed by atoms with Crippen LogP contribution in [0.4, 0.5) is 10.1 Å². The van der Waals surface area contributed by atoms with Crippen molar-refractivity contribution >= 4 is 29.3 Å². The molecule has 1 aliphatic carbocycles. The molecule has 1 aliphatic heterocycles. The number of nitrogens with one attached hydrogen (secondary N) is 1. The molecule has 3 N–H and O–H groups in total. The molecule has 2 aromatic carbocycles. The van der Waals surface area contributed by atoms with E-state index in [-0.39, 0.29) is 11.8 Å². The van der Waals surface area contributed by atoms with Gasteiger partial charge in [-0.15, -0.1) is 0 Å². The minimum atomic E-state index is -0.609. The number of benzene rings is 2. The summed E-state index contributed by atoms with van der Waals surface area (Å²) < 4.78 is 13.7. The van der Waals surface area contributed by atoms with E-state index < -0.39 is 11.9 Å². The Labute approximate surface area is 148 Å². The fourth-order valence-electron chi connectivity index (χ4n) is 3.56. The highest BCUT2D eigenvalue weighted by molar-refractivity contribution is 6.31. The summed E-state index contributed by atoms with van der Waals surface area (Å²) in [5.74, 6) is -1.01. The van der Waals surface area contributed by atoms with Gasteiger partial charge in [0, 0.05) is 21.8 Å². The standard InChI is InChI=1S/C19H13ClFN3O/c20-14-4-3-11(21)7-13(14)18-17-15(23)6-10-2-1-9(8-22)5-12(10)16(17)19(25)24-18/h1-4,6-7,9,18H,5,23H2,(H,24,25). The van der Waals surface area contributed by atoms with Crippen LogP contribution in [0, 0.1) is 23.1 Å². The van der Waals surface area contributed by atoms with Crippen LogP contribution >= 0.6 is 11.6 Å². The number of anilines is 1. The predicted octanol–water partition coefficient (Wildman–Crippen LogP) is 3.60. The molecule has 0 fully saturated rings. The molecular formula is C19H13ClFN3O. The van der Waals surface area contributed by atoms with Crippen LogP contribution < -0.4 is 11.1 Å². The van der Waals surface area contributed by atoms with Gasteiger partial charge in [-0.3, -0.25) is 4.79 Å². The molecule has 124 valence electrons. The number of nitrogens with two attached hydrogens (primary N) is 1. The summed E-state index contributed by atoms with van der Waals surface area (Å²) in [5, 5.41) is 12.4. The molecule has 0 bridgehead atoms. The molecule has 2 aromatic rings. The first-order valence-corrected chi connectivity index (χ1v) is 8.16. The Morgan fingerprint density at radius 2 is 2.16 bits per heavy atom. The number of hydrogen-bond donors (Lipinski definition) is 2. The zero-order valence-corrected chi connectivity index (χ0v) is 13.8. The van der Waals surface area contributed by atoms with Crippen LogP contribution in [0.2, 0.25) is 5.02 Å². The maximum Gasteiger partial charge on any atom is 0.252 e. The summed E-state index contributed by atoms with van der Waals surface area (Å²) in [6.45, 7) is 0. The van der Waals surface area contributed by atoms with E-state index >= 15 is 0 Å². The smallest absolute Gasteiger partial charge is 0.252 e. The van der Waals surface area contributed by atoms with Crippen molar-refractivity contribution in [2.75, 3.05) is 5.73 Å². The van der Waals surface area contributed by atoms with Gasteiger partial charge in [-0.05, 0) is 41.8 Å². The fourth-order valence-corrected chi connectivity index (χ4v) is 3.79. The largest absolute Gasteiger partial charge is 0.398 e. The molecule has 4 nitrogen and oxygen atoms in total. The predicted molar refractivity (Wildman–Crippen MR) is 93.4 cm³/mol. The van der Waals surface area contributed by atoms with Gasteiger partial charge in [0.05, 0.1) is 23.6 Å². The zero-order chi connectivity index (χ0) is 17.7. The van der Waals surface area contributed by atoms with Crippen LogP contribution in [0.25, 0.3) is 6.08 Å². The van der Waals surface area contributed by atoms with E-state index in [1.54, 1.807) is 6.07 Å². The van der Waals surface area contributed by atoms with Crippen molar-refractivity contribution in [3.63, 3.8) is 0 Å². The van der Waals surface area contributed by atoms with Crippen LogP contribution in [0.1, 0.15) is 38.7 Å². The molecule has 4 rings (SSSR count). The minimum absolute atomic E-state index is 0.282. The molecular weight excluding hydrogens is 341 g/mol. The number of carbonyl (C=O) groups excluding carboxylic acids is 1. The van der Waals surface area contributed by atoms with E-state index in [4.69, 9.17) is 17.3 Å². The average molecular weight is 354 g/mol. The molecule has 0 aromatic heterocycles. The van der Waals surface area contributed by atoms with E-state index in [0.29, 0.717) is 33.8 Å². The highest BCUT2D eigenvalue weighted by Gasteiger charge is 2.37. The molecule has 0 saturated carbocycles. The van der Waals surface area contributed by atoms with Crippen LogP contribution in [-0.2, 0) is 6.42 Å². The van der Waals surface area contributed by atoms with E-state index in [1.165, 1.54) is 18.2 Å². The number of amides is 1. The Kier molecular flexibility index (Phi) is 3.52. The Morgan fingerprint density at radius 1 is 1.36 bits per heavy atom. The van der Waals surface area contributed by atoms with Crippen LogP contribution in [0.3, 0.4) is 0 Å². The van der Waals surface area contributed by atoms with Gasteiger partial charge in [0.15, 0.2) is 0 Å². The van der Waals surface area contributed by atoms with Gasteiger partial charge >= 0.3 is 0 Å². The first-order valence-electron chi connectivity index (χ1n) is 7.78. The minimum Gasteiger partial charge on any atom is -0.398 e. The summed E-state index contributed by atoms with van der Waals surface area (Å²) in [4.78, 5) is 12.7. The quantitative estimate of drug-likeness (QED) is 0.769.